The highest BCUT2D eigenvalue weighted by molar-refractivity contribution is 6.30. The Labute approximate surface area is 141 Å². The zero-order valence-corrected chi connectivity index (χ0v) is 13.8. The van der Waals surface area contributed by atoms with Gasteiger partial charge in [0.15, 0.2) is 0 Å². The molecule has 0 spiro atoms. The van der Waals surface area contributed by atoms with E-state index in [1.54, 1.807) is 7.11 Å². The summed E-state index contributed by atoms with van der Waals surface area (Å²) in [5.74, 6) is 0.853. The number of nitrogens with zero attached hydrogens (tertiary/aromatic N) is 2. The predicted octanol–water partition coefficient (Wildman–Crippen LogP) is 4.00. The molecule has 5 heteroatoms. The molecule has 0 radical (unpaired) electrons. The number of hydrogen-bond donors (Lipinski definition) is 1. The van der Waals surface area contributed by atoms with Crippen LogP contribution in [0.1, 0.15) is 24.4 Å². The first kappa shape index (κ1) is 15.8. The number of anilines is 1. The minimum absolute atomic E-state index is 0.146. The molecule has 2 N–H and O–H groups in total. The summed E-state index contributed by atoms with van der Waals surface area (Å²) in [4.78, 5) is 0. The molecule has 0 saturated heterocycles. The van der Waals surface area contributed by atoms with Crippen molar-refractivity contribution in [1.82, 2.24) is 0 Å². The molecule has 23 heavy (non-hydrogen) atoms. The van der Waals surface area contributed by atoms with Crippen LogP contribution in [0.5, 0.6) is 5.75 Å². The summed E-state index contributed by atoms with van der Waals surface area (Å²) in [5, 5.41) is 7.55. The highest BCUT2D eigenvalue weighted by Crippen LogP contribution is 2.37. The van der Waals surface area contributed by atoms with Gasteiger partial charge in [-0.05, 0) is 54.9 Å². The van der Waals surface area contributed by atoms with Crippen LogP contribution in [0.25, 0.3) is 0 Å². The first-order valence-electron chi connectivity index (χ1n) is 7.66. The van der Waals surface area contributed by atoms with Crippen LogP contribution in [-0.2, 0) is 0 Å². The van der Waals surface area contributed by atoms with Gasteiger partial charge in [0.25, 0.3) is 0 Å². The number of methoxy groups -OCH3 is 1. The second-order valence-electron chi connectivity index (χ2n) is 5.52. The van der Waals surface area contributed by atoms with Crippen molar-refractivity contribution < 1.29 is 4.74 Å². The normalized spacial score (nSPS) is 17.3. The largest absolute Gasteiger partial charge is 0.497 e. The lowest BCUT2D eigenvalue weighted by atomic mass is 10.00. The minimum Gasteiger partial charge on any atom is -0.497 e. The van der Waals surface area contributed by atoms with Gasteiger partial charge in [0.05, 0.1) is 18.8 Å². The van der Waals surface area contributed by atoms with E-state index < -0.39 is 0 Å². The Kier molecular flexibility index (Phi) is 4.84. The number of hydrogen-bond acceptors (Lipinski definition) is 4. The fourth-order valence-corrected chi connectivity index (χ4v) is 2.96. The van der Waals surface area contributed by atoms with Gasteiger partial charge >= 0.3 is 0 Å². The molecule has 0 aromatic heterocycles. The zero-order chi connectivity index (χ0) is 16.2. The van der Waals surface area contributed by atoms with E-state index in [-0.39, 0.29) is 6.04 Å². The number of nitrogens with two attached hydrogens (primary N) is 1. The molecule has 1 heterocycles. The summed E-state index contributed by atoms with van der Waals surface area (Å²) >= 11 is 6.00. The first-order valence-corrected chi connectivity index (χ1v) is 8.04. The number of halogens is 1. The maximum atomic E-state index is 6.00. The standard InChI is InChI=1S/C18H20ClN3O/c1-23-17-4-2-3-13(11-17)18-12-15(9-10-20)21-22(18)16-7-5-14(19)6-8-16/h2-8,11,18H,9-10,12,20H2,1H3. The van der Waals surface area contributed by atoms with E-state index in [9.17, 15) is 0 Å². The smallest absolute Gasteiger partial charge is 0.119 e. The molecule has 1 aliphatic rings. The van der Waals surface area contributed by atoms with Crippen LogP contribution in [0.2, 0.25) is 5.02 Å². The molecule has 0 amide bonds. The Hall–Kier alpha value is -2.04. The SMILES string of the molecule is COc1cccc(C2CC(CCN)=NN2c2ccc(Cl)cc2)c1. The number of ether oxygens (including phenoxy) is 1. The molecule has 2 aromatic carbocycles. The molecule has 3 rings (SSSR count). The maximum absolute atomic E-state index is 6.00. The Morgan fingerprint density at radius 2 is 2.04 bits per heavy atom. The van der Waals surface area contributed by atoms with Crippen molar-refractivity contribution in [3.05, 3.63) is 59.1 Å². The highest BCUT2D eigenvalue weighted by atomic mass is 35.5. The second kappa shape index (κ2) is 7.02. The molecule has 120 valence electrons. The van der Waals surface area contributed by atoms with E-state index in [0.717, 1.165) is 35.0 Å². The van der Waals surface area contributed by atoms with Crippen molar-refractivity contribution in [2.45, 2.75) is 18.9 Å². The van der Waals surface area contributed by atoms with Gasteiger partial charge in [-0.3, -0.25) is 5.01 Å². The van der Waals surface area contributed by atoms with E-state index >= 15 is 0 Å². The van der Waals surface area contributed by atoms with E-state index in [1.165, 1.54) is 5.56 Å². The lowest BCUT2D eigenvalue weighted by molar-refractivity contribution is 0.414. The van der Waals surface area contributed by atoms with Gasteiger partial charge in [0, 0.05) is 17.2 Å². The summed E-state index contributed by atoms with van der Waals surface area (Å²) in [6.07, 6.45) is 1.68. The molecular weight excluding hydrogens is 310 g/mol. The van der Waals surface area contributed by atoms with Crippen LogP contribution in [0, 0.1) is 0 Å². The molecule has 0 saturated carbocycles. The summed E-state index contributed by atoms with van der Waals surface area (Å²) in [6, 6.07) is 16.0. The molecule has 1 aliphatic heterocycles. The highest BCUT2D eigenvalue weighted by Gasteiger charge is 2.29. The third-order valence-corrected chi connectivity index (χ3v) is 4.23. The molecule has 2 aromatic rings. The van der Waals surface area contributed by atoms with Crippen molar-refractivity contribution in [1.29, 1.82) is 0 Å². The van der Waals surface area contributed by atoms with Crippen LogP contribution in [0.15, 0.2) is 53.6 Å². The van der Waals surface area contributed by atoms with E-state index in [0.29, 0.717) is 6.54 Å². The van der Waals surface area contributed by atoms with E-state index in [2.05, 4.69) is 17.1 Å². The Morgan fingerprint density at radius 3 is 2.74 bits per heavy atom. The van der Waals surface area contributed by atoms with E-state index in [1.807, 2.05) is 36.4 Å². The average molecular weight is 330 g/mol. The minimum atomic E-state index is 0.146. The summed E-state index contributed by atoms with van der Waals surface area (Å²) < 4.78 is 5.35. The fraction of sp³-hybridized carbons (Fsp3) is 0.278. The topological polar surface area (TPSA) is 50.9 Å². The lowest BCUT2D eigenvalue weighted by Crippen LogP contribution is -2.18. The van der Waals surface area contributed by atoms with Gasteiger partial charge in [-0.15, -0.1) is 0 Å². The van der Waals surface area contributed by atoms with Crippen molar-refractivity contribution in [3.8, 4) is 5.75 Å². The number of hydrazone groups is 1. The predicted molar refractivity (Wildman–Crippen MR) is 95.4 cm³/mol. The van der Waals surface area contributed by atoms with Crippen molar-refractivity contribution in [2.24, 2.45) is 10.8 Å². The number of rotatable bonds is 5. The quantitative estimate of drug-likeness (QED) is 0.901. The van der Waals surface area contributed by atoms with E-state index in [4.69, 9.17) is 27.2 Å². The zero-order valence-electron chi connectivity index (χ0n) is 13.1. The molecular formula is C18H20ClN3O. The van der Waals surface area contributed by atoms with Crippen LogP contribution >= 0.6 is 11.6 Å². The van der Waals surface area contributed by atoms with Gasteiger partial charge in [-0.2, -0.15) is 5.10 Å². The Bertz CT molecular complexity index is 700. The van der Waals surface area contributed by atoms with Crippen molar-refractivity contribution >= 4 is 23.0 Å². The third-order valence-electron chi connectivity index (χ3n) is 3.98. The monoisotopic (exact) mass is 329 g/mol. The van der Waals surface area contributed by atoms with Gasteiger partial charge in [0.2, 0.25) is 0 Å². The number of benzene rings is 2. The Morgan fingerprint density at radius 1 is 1.26 bits per heavy atom. The molecule has 1 unspecified atom stereocenters. The fourth-order valence-electron chi connectivity index (χ4n) is 2.83. The molecule has 1 atom stereocenters. The molecule has 0 bridgehead atoms. The molecule has 0 aliphatic carbocycles. The van der Waals surface area contributed by atoms with Crippen LogP contribution < -0.4 is 15.5 Å². The van der Waals surface area contributed by atoms with Crippen LogP contribution in [0.3, 0.4) is 0 Å². The summed E-state index contributed by atoms with van der Waals surface area (Å²) in [5.41, 5.74) is 9.02. The first-order chi connectivity index (χ1) is 11.2. The Balaban J connectivity index is 1.95. The molecule has 4 nitrogen and oxygen atoms in total. The average Bonchev–Trinajstić information content (AvgIpc) is 3.00. The third kappa shape index (κ3) is 3.49. The van der Waals surface area contributed by atoms with Crippen molar-refractivity contribution in [3.63, 3.8) is 0 Å². The maximum Gasteiger partial charge on any atom is 0.119 e. The van der Waals surface area contributed by atoms with Gasteiger partial charge in [-0.25, -0.2) is 0 Å². The summed E-state index contributed by atoms with van der Waals surface area (Å²) in [6.45, 7) is 0.609. The van der Waals surface area contributed by atoms with Crippen molar-refractivity contribution in [2.75, 3.05) is 18.7 Å². The lowest BCUT2D eigenvalue weighted by Gasteiger charge is -2.24. The van der Waals surface area contributed by atoms with Gasteiger partial charge in [-0.1, -0.05) is 23.7 Å². The van der Waals surface area contributed by atoms with Gasteiger partial charge in [0.1, 0.15) is 5.75 Å². The summed E-state index contributed by atoms with van der Waals surface area (Å²) in [7, 11) is 1.68. The van der Waals surface area contributed by atoms with Crippen LogP contribution in [0.4, 0.5) is 5.69 Å². The van der Waals surface area contributed by atoms with Crippen LogP contribution in [-0.4, -0.2) is 19.4 Å². The molecule has 0 fully saturated rings. The van der Waals surface area contributed by atoms with Gasteiger partial charge < -0.3 is 10.5 Å². The second-order valence-corrected chi connectivity index (χ2v) is 5.96.